The molecule has 31 heavy (non-hydrogen) atoms. The molecule has 6 heteroatoms. The van der Waals surface area contributed by atoms with Crippen LogP contribution in [-0.2, 0) is 17.8 Å². The maximum Gasteiger partial charge on any atom is 0.231 e. The molecule has 3 aromatic carbocycles. The Balaban J connectivity index is 1.29. The van der Waals surface area contributed by atoms with Crippen LogP contribution in [0.25, 0.3) is 0 Å². The number of amides is 1. The number of aromatic nitrogens is 1. The maximum absolute atomic E-state index is 12.5. The summed E-state index contributed by atoms with van der Waals surface area (Å²) in [5.74, 6) is 0.526. The molecule has 0 saturated heterocycles. The molecule has 1 aromatic heterocycles. The van der Waals surface area contributed by atoms with Crippen LogP contribution in [0.1, 0.15) is 26.6 Å². The van der Waals surface area contributed by atoms with Gasteiger partial charge < -0.3 is 10.1 Å². The van der Waals surface area contributed by atoms with Crippen LogP contribution in [0.2, 0.25) is 0 Å². The van der Waals surface area contributed by atoms with Gasteiger partial charge in [-0.15, -0.1) is 11.3 Å². The van der Waals surface area contributed by atoms with E-state index in [-0.39, 0.29) is 18.1 Å². The van der Waals surface area contributed by atoms with Crippen molar-refractivity contribution in [1.82, 2.24) is 4.98 Å². The van der Waals surface area contributed by atoms with E-state index in [2.05, 4.69) is 10.3 Å². The van der Waals surface area contributed by atoms with Crippen LogP contribution < -0.4 is 10.1 Å². The highest BCUT2D eigenvalue weighted by Gasteiger charge is 2.10. The molecule has 0 bridgehead atoms. The number of anilines is 1. The standard InChI is InChI=1S/C25H20N2O3S/c28-23(26-20-9-5-2-6-10-20)15-24-27-21(17-31-24)16-30-22-13-11-19(12-14-22)25(29)18-7-3-1-4-8-18/h1-14,17H,15-16H2,(H,26,28). The summed E-state index contributed by atoms with van der Waals surface area (Å²) in [5, 5.41) is 5.47. The number of carbonyl (C=O) groups is 2. The van der Waals surface area contributed by atoms with Crippen LogP contribution in [0.15, 0.2) is 90.3 Å². The van der Waals surface area contributed by atoms with Crippen LogP contribution in [0.4, 0.5) is 5.69 Å². The largest absolute Gasteiger partial charge is 0.487 e. The third-order valence-corrected chi connectivity index (χ3v) is 5.41. The van der Waals surface area contributed by atoms with E-state index < -0.39 is 0 Å². The third-order valence-electron chi connectivity index (χ3n) is 4.51. The number of nitrogens with one attached hydrogen (secondary N) is 1. The van der Waals surface area contributed by atoms with Gasteiger partial charge in [-0.3, -0.25) is 9.59 Å². The van der Waals surface area contributed by atoms with E-state index in [1.54, 1.807) is 36.4 Å². The summed E-state index contributed by atoms with van der Waals surface area (Å²) >= 11 is 1.43. The Kier molecular flexibility index (Phi) is 6.50. The molecule has 1 heterocycles. The van der Waals surface area contributed by atoms with E-state index in [0.717, 1.165) is 16.4 Å². The summed E-state index contributed by atoms with van der Waals surface area (Å²) in [4.78, 5) is 29.1. The van der Waals surface area contributed by atoms with Crippen molar-refractivity contribution in [2.24, 2.45) is 0 Å². The lowest BCUT2D eigenvalue weighted by molar-refractivity contribution is -0.115. The molecule has 4 rings (SSSR count). The van der Waals surface area contributed by atoms with Gasteiger partial charge >= 0.3 is 0 Å². The highest BCUT2D eigenvalue weighted by atomic mass is 32.1. The number of ether oxygens (including phenoxy) is 1. The van der Waals surface area contributed by atoms with Gasteiger partial charge in [0.15, 0.2) is 5.78 Å². The first-order chi connectivity index (χ1) is 15.2. The summed E-state index contributed by atoms with van der Waals surface area (Å²) < 4.78 is 5.78. The second-order valence-corrected chi connectivity index (χ2v) is 7.77. The zero-order valence-electron chi connectivity index (χ0n) is 16.7. The predicted octanol–water partition coefficient (Wildman–Crippen LogP) is 5.13. The molecule has 0 aliphatic heterocycles. The molecular weight excluding hydrogens is 408 g/mol. The number of rotatable bonds is 8. The molecule has 0 atom stereocenters. The van der Waals surface area contributed by atoms with E-state index in [0.29, 0.717) is 23.5 Å². The fraction of sp³-hybridized carbons (Fsp3) is 0.0800. The zero-order chi connectivity index (χ0) is 21.5. The topological polar surface area (TPSA) is 68.3 Å². The lowest BCUT2D eigenvalue weighted by Crippen LogP contribution is -2.14. The first kappa shape index (κ1) is 20.5. The van der Waals surface area contributed by atoms with Gasteiger partial charge in [0.25, 0.3) is 0 Å². The fourth-order valence-corrected chi connectivity index (χ4v) is 3.75. The van der Waals surface area contributed by atoms with Gasteiger partial charge in [0, 0.05) is 22.2 Å². The van der Waals surface area contributed by atoms with Gasteiger partial charge in [-0.2, -0.15) is 0 Å². The molecular formula is C25H20N2O3S. The molecule has 1 amide bonds. The number of benzene rings is 3. The molecule has 0 fully saturated rings. The first-order valence-electron chi connectivity index (χ1n) is 9.78. The van der Waals surface area contributed by atoms with Gasteiger partial charge in [-0.25, -0.2) is 4.98 Å². The summed E-state index contributed by atoms with van der Waals surface area (Å²) in [6.45, 7) is 0.294. The van der Waals surface area contributed by atoms with Crippen LogP contribution >= 0.6 is 11.3 Å². The Morgan fingerprint density at radius 2 is 1.48 bits per heavy atom. The Labute approximate surface area is 184 Å². The number of ketones is 1. The smallest absolute Gasteiger partial charge is 0.231 e. The number of hydrogen-bond donors (Lipinski definition) is 1. The number of carbonyl (C=O) groups excluding carboxylic acids is 2. The Bertz CT molecular complexity index is 1160. The molecule has 0 aliphatic rings. The summed E-state index contributed by atoms with van der Waals surface area (Å²) in [6.07, 6.45) is 0.218. The van der Waals surface area contributed by atoms with Crippen LogP contribution in [0, 0.1) is 0 Å². The van der Waals surface area contributed by atoms with Gasteiger partial charge in [0.1, 0.15) is 17.4 Å². The Morgan fingerprint density at radius 1 is 0.839 bits per heavy atom. The zero-order valence-corrected chi connectivity index (χ0v) is 17.5. The molecule has 0 saturated carbocycles. The van der Waals surface area contributed by atoms with E-state index >= 15 is 0 Å². The van der Waals surface area contributed by atoms with Crippen molar-refractivity contribution in [3.05, 3.63) is 112 Å². The lowest BCUT2D eigenvalue weighted by atomic mass is 10.0. The molecule has 4 aromatic rings. The van der Waals surface area contributed by atoms with Crippen molar-refractivity contribution >= 4 is 28.7 Å². The predicted molar refractivity (Wildman–Crippen MR) is 122 cm³/mol. The van der Waals surface area contributed by atoms with Crippen molar-refractivity contribution in [3.8, 4) is 5.75 Å². The quantitative estimate of drug-likeness (QED) is 0.395. The minimum Gasteiger partial charge on any atom is -0.487 e. The van der Waals surface area contributed by atoms with Gasteiger partial charge in [0.05, 0.1) is 12.1 Å². The molecule has 0 aliphatic carbocycles. The maximum atomic E-state index is 12.5. The van der Waals surface area contributed by atoms with Gasteiger partial charge in [-0.1, -0.05) is 48.5 Å². The third kappa shape index (κ3) is 5.65. The molecule has 0 spiro atoms. The van der Waals surface area contributed by atoms with Crippen molar-refractivity contribution in [2.45, 2.75) is 13.0 Å². The normalized spacial score (nSPS) is 10.5. The first-order valence-corrected chi connectivity index (χ1v) is 10.7. The van der Waals surface area contributed by atoms with Crippen LogP contribution in [0.3, 0.4) is 0 Å². The molecule has 1 N–H and O–H groups in total. The average Bonchev–Trinajstić information content (AvgIpc) is 3.26. The minimum atomic E-state index is -0.105. The average molecular weight is 429 g/mol. The summed E-state index contributed by atoms with van der Waals surface area (Å²) in [5.41, 5.74) is 2.79. The lowest BCUT2D eigenvalue weighted by Gasteiger charge is -2.06. The van der Waals surface area contributed by atoms with E-state index in [1.807, 2.05) is 53.9 Å². The summed E-state index contributed by atoms with van der Waals surface area (Å²) in [7, 11) is 0. The van der Waals surface area contributed by atoms with Crippen molar-refractivity contribution in [3.63, 3.8) is 0 Å². The molecule has 5 nitrogen and oxygen atoms in total. The second kappa shape index (κ2) is 9.82. The highest BCUT2D eigenvalue weighted by molar-refractivity contribution is 7.09. The van der Waals surface area contributed by atoms with Crippen LogP contribution in [0.5, 0.6) is 5.75 Å². The monoisotopic (exact) mass is 428 g/mol. The molecule has 154 valence electrons. The van der Waals surface area contributed by atoms with E-state index in [1.165, 1.54) is 11.3 Å². The molecule has 0 unspecified atom stereocenters. The van der Waals surface area contributed by atoms with Crippen molar-refractivity contribution in [2.75, 3.05) is 5.32 Å². The van der Waals surface area contributed by atoms with E-state index in [4.69, 9.17) is 4.74 Å². The molecule has 0 radical (unpaired) electrons. The highest BCUT2D eigenvalue weighted by Crippen LogP contribution is 2.18. The Hall–Kier alpha value is -3.77. The van der Waals surface area contributed by atoms with Crippen LogP contribution in [-0.4, -0.2) is 16.7 Å². The number of thiazole rings is 1. The number of nitrogens with zero attached hydrogens (tertiary/aromatic N) is 1. The second-order valence-electron chi connectivity index (χ2n) is 6.83. The fourth-order valence-electron chi connectivity index (χ4n) is 2.98. The number of para-hydroxylation sites is 1. The van der Waals surface area contributed by atoms with Gasteiger partial charge in [0.2, 0.25) is 5.91 Å². The summed E-state index contributed by atoms with van der Waals surface area (Å²) in [6, 6.07) is 25.6. The SMILES string of the molecule is O=C(Cc1nc(COc2ccc(C(=O)c3ccccc3)cc2)cs1)Nc1ccccc1. The minimum absolute atomic E-state index is 0.0231. The van der Waals surface area contributed by atoms with Crippen molar-refractivity contribution in [1.29, 1.82) is 0 Å². The Morgan fingerprint density at radius 3 is 2.19 bits per heavy atom. The van der Waals surface area contributed by atoms with Gasteiger partial charge in [-0.05, 0) is 36.4 Å². The van der Waals surface area contributed by atoms with E-state index in [9.17, 15) is 9.59 Å². The van der Waals surface area contributed by atoms with Crippen molar-refractivity contribution < 1.29 is 14.3 Å². The number of hydrogen-bond acceptors (Lipinski definition) is 5.